The number of hydrogen-bond donors (Lipinski definition) is 1. The van der Waals surface area contributed by atoms with Gasteiger partial charge in [-0.1, -0.05) is 6.07 Å². The molecule has 0 heterocycles. The number of amides is 1. The number of rotatable bonds is 5. The van der Waals surface area contributed by atoms with Gasteiger partial charge in [0, 0.05) is 12.1 Å². The lowest BCUT2D eigenvalue weighted by Gasteiger charge is -2.09. The van der Waals surface area contributed by atoms with Gasteiger partial charge in [0.2, 0.25) is 5.91 Å². The van der Waals surface area contributed by atoms with E-state index in [1.807, 2.05) is 0 Å². The van der Waals surface area contributed by atoms with Crippen LogP contribution in [-0.4, -0.2) is 20.1 Å². The molecule has 0 aliphatic carbocycles. The molecule has 0 aromatic heterocycles. The molecule has 0 saturated heterocycles. The second-order valence-corrected chi connectivity index (χ2v) is 4.52. The molecule has 0 unspecified atom stereocenters. The Morgan fingerprint density at radius 1 is 1.09 bits per heavy atom. The molecule has 0 aliphatic rings. The average molecular weight is 319 g/mol. The first kappa shape index (κ1) is 16.5. The monoisotopic (exact) mass is 319 g/mol. The summed E-state index contributed by atoms with van der Waals surface area (Å²) in [6.07, 6.45) is 2.71. The number of carbonyl (C=O) groups excluding carboxylic acids is 1. The van der Waals surface area contributed by atoms with Gasteiger partial charge in [0.1, 0.15) is 23.1 Å². The average Bonchev–Trinajstić information content (AvgIpc) is 2.55. The van der Waals surface area contributed by atoms with E-state index in [9.17, 15) is 13.6 Å². The minimum absolute atomic E-state index is 0.104. The summed E-state index contributed by atoms with van der Waals surface area (Å²) in [5.74, 6) is -1.07. The lowest BCUT2D eigenvalue weighted by Crippen LogP contribution is -2.09. The molecule has 23 heavy (non-hydrogen) atoms. The van der Waals surface area contributed by atoms with Gasteiger partial charge in [-0.2, -0.15) is 0 Å². The van der Waals surface area contributed by atoms with Crippen LogP contribution in [0.2, 0.25) is 0 Å². The molecular weight excluding hydrogens is 304 g/mol. The number of benzene rings is 2. The summed E-state index contributed by atoms with van der Waals surface area (Å²) < 4.78 is 36.7. The third-order valence-electron chi connectivity index (χ3n) is 3.06. The van der Waals surface area contributed by atoms with Gasteiger partial charge in [-0.15, -0.1) is 0 Å². The highest BCUT2D eigenvalue weighted by molar-refractivity contribution is 6.02. The van der Waals surface area contributed by atoms with Crippen LogP contribution in [0.3, 0.4) is 0 Å². The summed E-state index contributed by atoms with van der Waals surface area (Å²) >= 11 is 0. The number of ether oxygens (including phenoxy) is 2. The van der Waals surface area contributed by atoms with Crippen molar-refractivity contribution in [3.05, 3.63) is 59.7 Å². The van der Waals surface area contributed by atoms with Crippen molar-refractivity contribution in [1.82, 2.24) is 0 Å². The largest absolute Gasteiger partial charge is 0.496 e. The molecule has 1 amide bonds. The van der Waals surface area contributed by atoms with Gasteiger partial charge in [0.05, 0.1) is 25.5 Å². The SMILES string of the molecule is COc1cccc(OC)c1/C=C/C(=O)Nc1ccc(F)cc1F. The van der Waals surface area contributed by atoms with E-state index in [0.29, 0.717) is 23.1 Å². The lowest BCUT2D eigenvalue weighted by molar-refractivity contribution is -0.111. The molecule has 2 aromatic rings. The minimum atomic E-state index is -0.846. The molecule has 6 heteroatoms. The quantitative estimate of drug-likeness (QED) is 0.856. The number of methoxy groups -OCH3 is 2. The lowest BCUT2D eigenvalue weighted by atomic mass is 10.1. The Labute approximate surface area is 132 Å². The van der Waals surface area contributed by atoms with Crippen molar-refractivity contribution in [2.45, 2.75) is 0 Å². The van der Waals surface area contributed by atoms with Crippen LogP contribution in [-0.2, 0) is 4.79 Å². The van der Waals surface area contributed by atoms with Crippen molar-refractivity contribution in [1.29, 1.82) is 0 Å². The maximum atomic E-state index is 13.5. The first-order valence-corrected chi connectivity index (χ1v) is 6.70. The second kappa shape index (κ2) is 7.40. The number of anilines is 1. The predicted octanol–water partition coefficient (Wildman–Crippen LogP) is 3.63. The Bertz CT molecular complexity index is 722. The maximum Gasteiger partial charge on any atom is 0.248 e. The van der Waals surface area contributed by atoms with Gasteiger partial charge in [-0.05, 0) is 30.3 Å². The van der Waals surface area contributed by atoms with E-state index in [2.05, 4.69) is 5.32 Å². The van der Waals surface area contributed by atoms with Crippen LogP contribution in [0.4, 0.5) is 14.5 Å². The van der Waals surface area contributed by atoms with Gasteiger partial charge in [0.25, 0.3) is 0 Å². The summed E-state index contributed by atoms with van der Waals surface area (Å²) in [4.78, 5) is 11.9. The molecular formula is C17H15F2NO3. The van der Waals surface area contributed by atoms with Crippen molar-refractivity contribution in [2.75, 3.05) is 19.5 Å². The summed E-state index contributed by atoms with van der Waals surface area (Å²) in [5.41, 5.74) is 0.472. The van der Waals surface area contributed by atoms with Crippen molar-refractivity contribution >= 4 is 17.7 Å². The number of carbonyl (C=O) groups is 1. The van der Waals surface area contributed by atoms with Crippen LogP contribution in [0.5, 0.6) is 11.5 Å². The van der Waals surface area contributed by atoms with Gasteiger partial charge in [0.15, 0.2) is 0 Å². The van der Waals surface area contributed by atoms with E-state index in [1.165, 1.54) is 26.4 Å². The number of hydrogen-bond acceptors (Lipinski definition) is 3. The van der Waals surface area contributed by atoms with Crippen molar-refractivity contribution in [3.63, 3.8) is 0 Å². The standard InChI is InChI=1S/C17H15F2NO3/c1-22-15-4-3-5-16(23-2)12(15)7-9-17(21)20-14-8-6-11(18)10-13(14)19/h3-10H,1-2H3,(H,20,21)/b9-7+. The van der Waals surface area contributed by atoms with E-state index >= 15 is 0 Å². The maximum absolute atomic E-state index is 13.5. The van der Waals surface area contributed by atoms with Crippen LogP contribution in [0.15, 0.2) is 42.5 Å². The van der Waals surface area contributed by atoms with E-state index in [-0.39, 0.29) is 5.69 Å². The molecule has 1 N–H and O–H groups in total. The van der Waals surface area contributed by atoms with Crippen LogP contribution < -0.4 is 14.8 Å². The Kier molecular flexibility index (Phi) is 5.30. The Hall–Kier alpha value is -2.89. The summed E-state index contributed by atoms with van der Waals surface area (Å²) in [6, 6.07) is 8.11. The normalized spacial score (nSPS) is 10.6. The highest BCUT2D eigenvalue weighted by Gasteiger charge is 2.09. The molecule has 0 aliphatic heterocycles. The van der Waals surface area contributed by atoms with Gasteiger partial charge in [-0.3, -0.25) is 4.79 Å². The molecule has 0 saturated carbocycles. The fraction of sp³-hybridized carbons (Fsp3) is 0.118. The van der Waals surface area contributed by atoms with E-state index in [4.69, 9.17) is 9.47 Å². The molecule has 0 spiro atoms. The molecule has 2 rings (SSSR count). The minimum Gasteiger partial charge on any atom is -0.496 e. The third-order valence-corrected chi connectivity index (χ3v) is 3.06. The van der Waals surface area contributed by atoms with Crippen LogP contribution in [0.1, 0.15) is 5.56 Å². The van der Waals surface area contributed by atoms with Crippen molar-refractivity contribution in [3.8, 4) is 11.5 Å². The molecule has 0 radical (unpaired) electrons. The van der Waals surface area contributed by atoms with Crippen LogP contribution in [0, 0.1) is 11.6 Å². The summed E-state index contributed by atoms with van der Waals surface area (Å²) in [5, 5.41) is 2.33. The predicted molar refractivity (Wildman–Crippen MR) is 83.6 cm³/mol. The Balaban J connectivity index is 2.18. The Morgan fingerprint density at radius 3 is 2.30 bits per heavy atom. The van der Waals surface area contributed by atoms with Gasteiger partial charge in [-0.25, -0.2) is 8.78 Å². The van der Waals surface area contributed by atoms with Gasteiger partial charge < -0.3 is 14.8 Å². The van der Waals surface area contributed by atoms with E-state index < -0.39 is 17.5 Å². The van der Waals surface area contributed by atoms with Crippen molar-refractivity contribution in [2.24, 2.45) is 0 Å². The molecule has 0 fully saturated rings. The third kappa shape index (κ3) is 4.06. The van der Waals surface area contributed by atoms with E-state index in [0.717, 1.165) is 12.1 Å². The fourth-order valence-corrected chi connectivity index (χ4v) is 1.97. The molecule has 0 atom stereocenters. The molecule has 120 valence electrons. The highest BCUT2D eigenvalue weighted by Crippen LogP contribution is 2.29. The number of halogens is 2. The van der Waals surface area contributed by atoms with E-state index in [1.54, 1.807) is 18.2 Å². The Morgan fingerprint density at radius 2 is 1.74 bits per heavy atom. The highest BCUT2D eigenvalue weighted by atomic mass is 19.1. The number of nitrogens with one attached hydrogen (secondary N) is 1. The van der Waals surface area contributed by atoms with Gasteiger partial charge >= 0.3 is 0 Å². The molecule has 2 aromatic carbocycles. The zero-order chi connectivity index (χ0) is 16.8. The summed E-state index contributed by atoms with van der Waals surface area (Å²) in [6.45, 7) is 0. The zero-order valence-corrected chi connectivity index (χ0v) is 12.6. The first-order valence-electron chi connectivity index (χ1n) is 6.70. The molecule has 4 nitrogen and oxygen atoms in total. The fourth-order valence-electron chi connectivity index (χ4n) is 1.97. The smallest absolute Gasteiger partial charge is 0.248 e. The van der Waals surface area contributed by atoms with Crippen LogP contribution >= 0.6 is 0 Å². The zero-order valence-electron chi connectivity index (χ0n) is 12.6. The molecule has 0 bridgehead atoms. The van der Waals surface area contributed by atoms with Crippen molar-refractivity contribution < 1.29 is 23.0 Å². The topological polar surface area (TPSA) is 47.6 Å². The second-order valence-electron chi connectivity index (χ2n) is 4.52. The van der Waals surface area contributed by atoms with Crippen LogP contribution in [0.25, 0.3) is 6.08 Å². The summed E-state index contributed by atoms with van der Waals surface area (Å²) in [7, 11) is 3.00. The first-order chi connectivity index (χ1) is 11.0.